The molecule has 0 spiro atoms. The van der Waals surface area contributed by atoms with Gasteiger partial charge in [0.15, 0.2) is 5.65 Å². The van der Waals surface area contributed by atoms with E-state index in [2.05, 4.69) is 4.98 Å². The maximum Gasteiger partial charge on any atom is 0.309 e. The van der Waals surface area contributed by atoms with Crippen LogP contribution in [0.1, 0.15) is 0 Å². The van der Waals surface area contributed by atoms with Gasteiger partial charge in [-0.3, -0.25) is 0 Å². The van der Waals surface area contributed by atoms with E-state index < -0.39 is 10.2 Å². The lowest BCUT2D eigenvalue weighted by molar-refractivity contribution is 0.184. The van der Waals surface area contributed by atoms with Crippen molar-refractivity contribution in [2.45, 2.75) is 0 Å². The molecule has 0 aliphatic carbocycles. The van der Waals surface area contributed by atoms with E-state index in [-0.39, 0.29) is 0 Å². The molecule has 2 aromatic heterocycles. The van der Waals surface area contributed by atoms with E-state index in [0.717, 1.165) is 5.39 Å². The zero-order valence-corrected chi connectivity index (χ0v) is 11.1. The van der Waals surface area contributed by atoms with Gasteiger partial charge in [-0.25, -0.2) is 8.96 Å². The molecule has 2 heterocycles. The second-order valence-corrected chi connectivity index (χ2v) is 5.76. The highest BCUT2D eigenvalue weighted by molar-refractivity contribution is 7.87. The van der Waals surface area contributed by atoms with Crippen molar-refractivity contribution in [3.8, 4) is 0 Å². The minimum Gasteiger partial charge on any atom is -0.383 e. The molecule has 0 fully saturated rings. The first-order valence-electron chi connectivity index (χ1n) is 5.45. The molecule has 98 valence electrons. The van der Waals surface area contributed by atoms with Gasteiger partial charge in [0.25, 0.3) is 0 Å². The maximum absolute atomic E-state index is 12.3. The molecule has 0 saturated carbocycles. The molecular weight excluding hydrogens is 254 g/mol. The summed E-state index contributed by atoms with van der Waals surface area (Å²) in [7, 11) is -0.535. The van der Waals surface area contributed by atoms with Crippen LogP contribution in [0.5, 0.6) is 0 Å². The summed E-state index contributed by atoms with van der Waals surface area (Å²) in [6.45, 7) is 0.647. The van der Waals surface area contributed by atoms with Crippen LogP contribution in [0.2, 0.25) is 0 Å². The van der Waals surface area contributed by atoms with Crippen molar-refractivity contribution in [1.29, 1.82) is 0 Å². The average Bonchev–Trinajstić information content (AvgIpc) is 2.80. The molecule has 2 aromatic rings. The van der Waals surface area contributed by atoms with Crippen LogP contribution in [0.4, 0.5) is 0 Å². The molecule has 7 heteroatoms. The average molecular weight is 269 g/mol. The van der Waals surface area contributed by atoms with Crippen molar-refractivity contribution < 1.29 is 13.2 Å². The lowest BCUT2D eigenvalue weighted by Crippen LogP contribution is -2.34. The third kappa shape index (κ3) is 2.24. The SMILES string of the molecule is COCCN(C)S(=O)(=O)n1ccc2cccnc21. The number of rotatable bonds is 5. The van der Waals surface area contributed by atoms with Gasteiger partial charge in [0, 0.05) is 38.5 Å². The number of nitrogens with zero attached hydrogens (tertiary/aromatic N) is 3. The quantitative estimate of drug-likeness (QED) is 0.802. The Labute approximate surface area is 106 Å². The van der Waals surface area contributed by atoms with Gasteiger partial charge >= 0.3 is 10.2 Å². The molecule has 0 aromatic carbocycles. The van der Waals surface area contributed by atoms with Crippen LogP contribution >= 0.6 is 0 Å². The van der Waals surface area contributed by atoms with Crippen LogP contribution in [-0.2, 0) is 14.9 Å². The topological polar surface area (TPSA) is 64.4 Å². The summed E-state index contributed by atoms with van der Waals surface area (Å²) in [5.74, 6) is 0. The van der Waals surface area contributed by atoms with E-state index in [9.17, 15) is 8.42 Å². The molecule has 2 rings (SSSR count). The Morgan fingerprint density at radius 2 is 2.22 bits per heavy atom. The highest BCUT2D eigenvalue weighted by atomic mass is 32.2. The van der Waals surface area contributed by atoms with Crippen molar-refractivity contribution in [2.75, 3.05) is 27.3 Å². The first kappa shape index (κ1) is 13.0. The van der Waals surface area contributed by atoms with Crippen LogP contribution in [0, 0.1) is 0 Å². The van der Waals surface area contributed by atoms with Crippen molar-refractivity contribution in [2.24, 2.45) is 0 Å². The van der Waals surface area contributed by atoms with Crippen LogP contribution in [-0.4, -0.2) is 49.0 Å². The van der Waals surface area contributed by atoms with Crippen molar-refractivity contribution in [3.05, 3.63) is 30.6 Å². The van der Waals surface area contributed by atoms with Crippen LogP contribution in [0.3, 0.4) is 0 Å². The van der Waals surface area contributed by atoms with E-state index in [1.807, 2.05) is 6.07 Å². The molecule has 18 heavy (non-hydrogen) atoms. The highest BCUT2D eigenvalue weighted by Crippen LogP contribution is 2.16. The van der Waals surface area contributed by atoms with Gasteiger partial charge in [0.05, 0.1) is 6.61 Å². The molecule has 0 aliphatic heterocycles. The van der Waals surface area contributed by atoms with Gasteiger partial charge in [-0.05, 0) is 18.2 Å². The zero-order valence-electron chi connectivity index (χ0n) is 10.3. The van der Waals surface area contributed by atoms with Crippen molar-refractivity contribution in [3.63, 3.8) is 0 Å². The summed E-state index contributed by atoms with van der Waals surface area (Å²) in [6.07, 6.45) is 3.08. The molecule has 0 bridgehead atoms. The third-order valence-corrected chi connectivity index (χ3v) is 4.43. The fraction of sp³-hybridized carbons (Fsp3) is 0.364. The number of hydrogen-bond donors (Lipinski definition) is 0. The molecule has 0 saturated heterocycles. The second kappa shape index (κ2) is 5.05. The Hall–Kier alpha value is -1.44. The smallest absolute Gasteiger partial charge is 0.309 e. The van der Waals surface area contributed by atoms with E-state index in [4.69, 9.17) is 4.74 Å². The summed E-state index contributed by atoms with van der Waals surface area (Å²) < 4.78 is 31.9. The number of likely N-dealkylation sites (N-methyl/N-ethyl adjacent to an activating group) is 1. The zero-order chi connectivity index (χ0) is 13.2. The predicted molar refractivity (Wildman–Crippen MR) is 68.6 cm³/mol. The number of aromatic nitrogens is 2. The second-order valence-electron chi connectivity index (χ2n) is 3.85. The van der Waals surface area contributed by atoms with E-state index >= 15 is 0 Å². The maximum atomic E-state index is 12.3. The van der Waals surface area contributed by atoms with E-state index in [1.54, 1.807) is 18.3 Å². The van der Waals surface area contributed by atoms with Gasteiger partial charge in [0.1, 0.15) is 0 Å². The predicted octanol–water partition coefficient (Wildman–Crippen LogP) is 0.707. The Kier molecular flexibility index (Phi) is 3.65. The molecule has 0 atom stereocenters. The van der Waals surface area contributed by atoms with Gasteiger partial charge in [0.2, 0.25) is 0 Å². The van der Waals surface area contributed by atoms with Crippen LogP contribution in [0.15, 0.2) is 30.6 Å². The Bertz CT molecular complexity index is 636. The van der Waals surface area contributed by atoms with Gasteiger partial charge in [-0.15, -0.1) is 0 Å². The Balaban J connectivity index is 2.41. The van der Waals surface area contributed by atoms with E-state index in [1.165, 1.54) is 28.6 Å². The minimum absolute atomic E-state index is 0.297. The first-order chi connectivity index (χ1) is 8.57. The molecule has 0 aliphatic rings. The molecule has 0 unspecified atom stereocenters. The van der Waals surface area contributed by atoms with E-state index in [0.29, 0.717) is 18.8 Å². The highest BCUT2D eigenvalue weighted by Gasteiger charge is 2.21. The van der Waals surface area contributed by atoms with Crippen molar-refractivity contribution in [1.82, 2.24) is 13.3 Å². The normalized spacial score (nSPS) is 12.4. The molecule has 6 nitrogen and oxygen atoms in total. The monoisotopic (exact) mass is 269 g/mol. The fourth-order valence-electron chi connectivity index (χ4n) is 1.61. The van der Waals surface area contributed by atoms with Gasteiger partial charge < -0.3 is 4.74 Å². The molecule has 0 N–H and O–H groups in total. The minimum atomic E-state index is -3.59. The largest absolute Gasteiger partial charge is 0.383 e. The third-order valence-electron chi connectivity index (χ3n) is 2.67. The first-order valence-corrected chi connectivity index (χ1v) is 6.85. The standard InChI is InChI=1S/C11H15N3O3S/c1-13(8-9-17-2)18(15,16)14-7-5-10-4-3-6-12-11(10)14/h3-7H,8-9H2,1-2H3. The number of methoxy groups -OCH3 is 1. The Morgan fingerprint density at radius 3 is 2.94 bits per heavy atom. The lowest BCUT2D eigenvalue weighted by Gasteiger charge is -2.17. The van der Waals surface area contributed by atoms with Crippen LogP contribution in [0.25, 0.3) is 11.0 Å². The summed E-state index contributed by atoms with van der Waals surface area (Å²) >= 11 is 0. The molecular formula is C11H15N3O3S. The van der Waals surface area contributed by atoms with Crippen LogP contribution < -0.4 is 0 Å². The number of fused-ring (bicyclic) bond motifs is 1. The number of hydrogen-bond acceptors (Lipinski definition) is 4. The summed E-state index contributed by atoms with van der Waals surface area (Å²) in [5.41, 5.74) is 0.432. The summed E-state index contributed by atoms with van der Waals surface area (Å²) in [4.78, 5) is 4.10. The van der Waals surface area contributed by atoms with Gasteiger partial charge in [-0.1, -0.05) is 0 Å². The number of ether oxygens (including phenoxy) is 1. The van der Waals surface area contributed by atoms with Crippen molar-refractivity contribution >= 4 is 21.2 Å². The fourth-order valence-corrected chi connectivity index (χ4v) is 2.81. The molecule has 0 amide bonds. The summed E-state index contributed by atoms with van der Waals surface area (Å²) in [5, 5.41) is 0.793. The Morgan fingerprint density at radius 1 is 1.44 bits per heavy atom. The molecule has 0 radical (unpaired) electrons. The lowest BCUT2D eigenvalue weighted by atomic mass is 10.3. The summed E-state index contributed by atoms with van der Waals surface area (Å²) in [6, 6.07) is 5.32. The van der Waals surface area contributed by atoms with Gasteiger partial charge in [-0.2, -0.15) is 12.7 Å². The number of pyridine rings is 1.